The van der Waals surface area contributed by atoms with Crippen molar-refractivity contribution in [1.82, 2.24) is 20.1 Å². The Morgan fingerprint density at radius 2 is 1.91 bits per heavy atom. The van der Waals surface area contributed by atoms with E-state index in [1.807, 2.05) is 13.8 Å². The summed E-state index contributed by atoms with van der Waals surface area (Å²) in [5.74, 6) is -0.389. The Labute approximate surface area is 195 Å². The maximum Gasteiger partial charge on any atom is 0.264 e. The zero-order valence-corrected chi connectivity index (χ0v) is 19.2. The van der Waals surface area contributed by atoms with Gasteiger partial charge in [0.1, 0.15) is 6.10 Å². The first kappa shape index (κ1) is 22.5. The number of rotatable bonds is 6. The molecule has 1 fully saturated rings. The normalized spacial score (nSPS) is 17.8. The molecule has 0 unspecified atom stereocenters. The Morgan fingerprint density at radius 1 is 1.21 bits per heavy atom. The summed E-state index contributed by atoms with van der Waals surface area (Å²) in [7, 11) is 0. The van der Waals surface area contributed by atoms with Crippen molar-refractivity contribution in [1.29, 1.82) is 5.26 Å². The number of nitrogens with zero attached hydrogens (tertiary/aromatic N) is 4. The molecule has 1 aliphatic rings. The van der Waals surface area contributed by atoms with E-state index in [2.05, 4.69) is 21.5 Å². The SMILES string of the molecule is Cc1nc(OC2CCC(NC(=O)c3cnn(-c4ccc(C#N)cc4)c3C)CC2)c(C(N)=O)s1. The molecule has 9 nitrogen and oxygen atoms in total. The molecular formula is C23H24N6O3S. The minimum atomic E-state index is -0.534. The van der Waals surface area contributed by atoms with Crippen LogP contribution in [0.3, 0.4) is 0 Å². The first-order valence-corrected chi connectivity index (χ1v) is 11.5. The average molecular weight is 465 g/mol. The first-order valence-electron chi connectivity index (χ1n) is 10.7. The van der Waals surface area contributed by atoms with Crippen LogP contribution in [0, 0.1) is 25.2 Å². The molecule has 4 rings (SSSR count). The zero-order chi connectivity index (χ0) is 23.5. The quantitative estimate of drug-likeness (QED) is 0.575. The summed E-state index contributed by atoms with van der Waals surface area (Å²) < 4.78 is 7.63. The highest BCUT2D eigenvalue weighted by molar-refractivity contribution is 7.13. The van der Waals surface area contributed by atoms with Gasteiger partial charge < -0.3 is 15.8 Å². The van der Waals surface area contributed by atoms with Gasteiger partial charge in [0.25, 0.3) is 11.8 Å². The van der Waals surface area contributed by atoms with E-state index in [0.717, 1.165) is 42.1 Å². The number of nitrogens with two attached hydrogens (primary N) is 1. The second kappa shape index (κ2) is 9.42. The third-order valence-corrected chi connectivity index (χ3v) is 6.68. The summed E-state index contributed by atoms with van der Waals surface area (Å²) in [5, 5.41) is 17.1. The van der Waals surface area contributed by atoms with E-state index in [0.29, 0.717) is 21.9 Å². The van der Waals surface area contributed by atoms with E-state index < -0.39 is 5.91 Å². The largest absolute Gasteiger partial charge is 0.473 e. The number of nitriles is 1. The number of hydrogen-bond acceptors (Lipinski definition) is 7. The summed E-state index contributed by atoms with van der Waals surface area (Å²) in [5.41, 5.74) is 8.01. The second-order valence-corrected chi connectivity index (χ2v) is 9.21. The molecule has 3 aromatic rings. The average Bonchev–Trinajstić information content (AvgIpc) is 3.37. The van der Waals surface area contributed by atoms with Gasteiger partial charge in [0, 0.05) is 6.04 Å². The molecule has 0 atom stereocenters. The third-order valence-electron chi connectivity index (χ3n) is 5.71. The van der Waals surface area contributed by atoms with Crippen LogP contribution in [0.5, 0.6) is 5.88 Å². The van der Waals surface area contributed by atoms with Crippen molar-refractivity contribution in [2.45, 2.75) is 51.7 Å². The van der Waals surface area contributed by atoms with Crippen molar-refractivity contribution < 1.29 is 14.3 Å². The van der Waals surface area contributed by atoms with Gasteiger partial charge in [0.05, 0.1) is 39.8 Å². The maximum absolute atomic E-state index is 12.9. The van der Waals surface area contributed by atoms with Gasteiger partial charge in [-0.05, 0) is 63.8 Å². The van der Waals surface area contributed by atoms with Crippen LogP contribution in [0.25, 0.3) is 5.69 Å². The molecule has 2 aromatic heterocycles. The Bertz CT molecular complexity index is 1220. The van der Waals surface area contributed by atoms with Crippen LogP contribution in [0.2, 0.25) is 0 Å². The smallest absolute Gasteiger partial charge is 0.264 e. The van der Waals surface area contributed by atoms with Crippen LogP contribution < -0.4 is 15.8 Å². The molecule has 0 saturated heterocycles. The molecule has 0 aliphatic heterocycles. The molecule has 0 bridgehead atoms. The van der Waals surface area contributed by atoms with Crippen molar-refractivity contribution in [3.8, 4) is 17.6 Å². The lowest BCUT2D eigenvalue weighted by molar-refractivity contribution is 0.0882. The highest BCUT2D eigenvalue weighted by atomic mass is 32.1. The van der Waals surface area contributed by atoms with Crippen LogP contribution in [0.15, 0.2) is 30.5 Å². The molecule has 3 N–H and O–H groups in total. The van der Waals surface area contributed by atoms with Gasteiger partial charge in [0.15, 0.2) is 4.88 Å². The second-order valence-electron chi connectivity index (χ2n) is 8.01. The summed E-state index contributed by atoms with van der Waals surface area (Å²) >= 11 is 1.23. The number of primary amides is 1. The number of nitrogens with one attached hydrogen (secondary N) is 1. The van der Waals surface area contributed by atoms with Gasteiger partial charge in [-0.15, -0.1) is 11.3 Å². The molecule has 2 heterocycles. The lowest BCUT2D eigenvalue weighted by Gasteiger charge is -2.29. The first-order chi connectivity index (χ1) is 15.9. The highest BCUT2D eigenvalue weighted by Crippen LogP contribution is 2.29. The molecule has 170 valence electrons. The van der Waals surface area contributed by atoms with Crippen LogP contribution in [0.4, 0.5) is 0 Å². The van der Waals surface area contributed by atoms with Gasteiger partial charge in [0.2, 0.25) is 5.88 Å². The number of carbonyl (C=O) groups is 2. The predicted molar refractivity (Wildman–Crippen MR) is 123 cm³/mol. The number of aromatic nitrogens is 3. The molecule has 1 aliphatic carbocycles. The number of aryl methyl sites for hydroxylation is 1. The minimum absolute atomic E-state index is 0.0304. The Balaban J connectivity index is 1.35. The van der Waals surface area contributed by atoms with Gasteiger partial charge in [-0.2, -0.15) is 10.4 Å². The molecule has 2 amide bonds. The maximum atomic E-state index is 12.9. The Hall–Kier alpha value is -3.71. The summed E-state index contributed by atoms with van der Waals surface area (Å²) in [6.07, 6.45) is 4.49. The van der Waals surface area contributed by atoms with Crippen LogP contribution >= 0.6 is 11.3 Å². The fourth-order valence-electron chi connectivity index (χ4n) is 3.96. The van der Waals surface area contributed by atoms with Crippen molar-refractivity contribution >= 4 is 23.2 Å². The van der Waals surface area contributed by atoms with Crippen molar-refractivity contribution in [2.75, 3.05) is 0 Å². The number of ether oxygens (including phenoxy) is 1. The van der Waals surface area contributed by atoms with Crippen molar-refractivity contribution in [3.05, 3.63) is 57.2 Å². The fourth-order valence-corrected chi connectivity index (χ4v) is 4.67. The summed E-state index contributed by atoms with van der Waals surface area (Å²) in [6, 6.07) is 9.16. The summed E-state index contributed by atoms with van der Waals surface area (Å²) in [4.78, 5) is 29.1. The highest BCUT2D eigenvalue weighted by Gasteiger charge is 2.27. The molecule has 1 aromatic carbocycles. The topological polar surface area (TPSA) is 136 Å². The van der Waals surface area contributed by atoms with Gasteiger partial charge in [-0.3, -0.25) is 9.59 Å². The van der Waals surface area contributed by atoms with Gasteiger partial charge in [-0.1, -0.05) is 0 Å². The predicted octanol–water partition coefficient (Wildman–Crippen LogP) is 3.04. The molecular weight excluding hydrogens is 440 g/mol. The van der Waals surface area contributed by atoms with E-state index >= 15 is 0 Å². The van der Waals surface area contributed by atoms with Crippen molar-refractivity contribution in [2.24, 2.45) is 5.73 Å². The zero-order valence-electron chi connectivity index (χ0n) is 18.4. The van der Waals surface area contributed by atoms with Gasteiger partial charge >= 0.3 is 0 Å². The number of carbonyl (C=O) groups excluding carboxylic acids is 2. The van der Waals surface area contributed by atoms with Crippen LogP contribution in [-0.2, 0) is 0 Å². The Morgan fingerprint density at radius 3 is 2.55 bits per heavy atom. The Kier molecular flexibility index (Phi) is 6.42. The number of hydrogen-bond donors (Lipinski definition) is 2. The molecule has 10 heteroatoms. The monoisotopic (exact) mass is 464 g/mol. The lowest BCUT2D eigenvalue weighted by Crippen LogP contribution is -2.40. The summed E-state index contributed by atoms with van der Waals surface area (Å²) in [6.45, 7) is 3.65. The minimum Gasteiger partial charge on any atom is -0.473 e. The lowest BCUT2D eigenvalue weighted by atomic mass is 9.92. The van der Waals surface area contributed by atoms with Gasteiger partial charge in [-0.25, -0.2) is 9.67 Å². The van der Waals surface area contributed by atoms with E-state index in [9.17, 15) is 9.59 Å². The molecule has 33 heavy (non-hydrogen) atoms. The fraction of sp³-hybridized carbons (Fsp3) is 0.348. The molecule has 0 radical (unpaired) electrons. The van der Waals surface area contributed by atoms with Crippen molar-refractivity contribution in [3.63, 3.8) is 0 Å². The van der Waals surface area contributed by atoms with E-state index in [4.69, 9.17) is 15.7 Å². The third kappa shape index (κ3) is 4.88. The van der Waals surface area contributed by atoms with Crippen LogP contribution in [0.1, 0.15) is 62.0 Å². The van der Waals surface area contributed by atoms with E-state index in [-0.39, 0.29) is 18.1 Å². The standard InChI is InChI=1S/C23H24N6O3S/c1-13-19(12-26-29(13)17-7-3-15(11-24)4-8-17)22(31)28-16-5-9-18(10-6-16)32-23-20(21(25)30)33-14(2)27-23/h3-4,7-8,12,16,18H,5-6,9-10H2,1-2H3,(H2,25,30)(H,28,31). The molecule has 1 saturated carbocycles. The number of benzene rings is 1. The van der Waals surface area contributed by atoms with E-state index in [1.54, 1.807) is 35.1 Å². The number of amides is 2. The molecule has 0 spiro atoms. The van der Waals surface area contributed by atoms with Crippen LogP contribution in [-0.4, -0.2) is 38.7 Å². The number of thiazole rings is 1. The van der Waals surface area contributed by atoms with E-state index in [1.165, 1.54) is 11.3 Å².